The van der Waals surface area contributed by atoms with Gasteiger partial charge in [0.05, 0.1) is 0 Å². The van der Waals surface area contributed by atoms with Crippen molar-refractivity contribution in [2.45, 2.75) is 226 Å². The lowest BCUT2D eigenvalue weighted by Crippen LogP contribution is -2.24. The highest BCUT2D eigenvalue weighted by molar-refractivity contribution is 5.85. The Hall–Kier alpha value is 0.210. The minimum Gasteiger partial charge on any atom is -0.330 e. The molecule has 2 N–H and O–H groups in total. The van der Waals surface area contributed by atoms with E-state index < -0.39 is 0 Å². The van der Waals surface area contributed by atoms with Crippen molar-refractivity contribution in [1.29, 1.82) is 0 Å². The first-order valence-corrected chi connectivity index (χ1v) is 19.0. The number of unbranched alkanes of at least 4 members (excludes halogenated alkanes) is 28. The van der Waals surface area contributed by atoms with Crippen molar-refractivity contribution in [2.75, 3.05) is 20.6 Å². The average molecular weight is 604 g/mol. The van der Waals surface area contributed by atoms with Gasteiger partial charge in [-0.05, 0) is 40.4 Å². The molecule has 3 heteroatoms. The third kappa shape index (κ3) is 44.8. The Kier molecular flexibility index (Phi) is 47.1. The summed E-state index contributed by atoms with van der Waals surface area (Å²) in [6.45, 7) is 7.79. The summed E-state index contributed by atoms with van der Waals surface area (Å²) in [7, 11) is 4.38. The Morgan fingerprint density at radius 2 is 0.610 bits per heavy atom. The van der Waals surface area contributed by atoms with Crippen molar-refractivity contribution >= 4 is 12.4 Å². The number of hydrogen-bond acceptors (Lipinski definition) is 2. The van der Waals surface area contributed by atoms with Gasteiger partial charge in [-0.25, -0.2) is 0 Å². The standard InChI is InChI=1S/C20H43N.C18H39N.ClH/c1-5-6-7-8-9-10-11-12-13-14-15-16-17-18-19-20(2)21(3)4;1-2-3-4-5-6-7-8-9-10-11-12-13-14-15-16-17-18-19;/h20H,5-19H2,1-4H3;2-19H2,1H3;1H. The Morgan fingerprint density at radius 1 is 0.390 bits per heavy atom. The molecule has 41 heavy (non-hydrogen) atoms. The molecule has 0 aromatic carbocycles. The maximum Gasteiger partial charge on any atom is 0.00608 e. The van der Waals surface area contributed by atoms with Gasteiger partial charge in [-0.3, -0.25) is 0 Å². The van der Waals surface area contributed by atoms with Crippen molar-refractivity contribution in [2.24, 2.45) is 5.73 Å². The van der Waals surface area contributed by atoms with Crippen LogP contribution in [-0.2, 0) is 0 Å². The molecule has 0 fully saturated rings. The van der Waals surface area contributed by atoms with E-state index >= 15 is 0 Å². The van der Waals surface area contributed by atoms with Crippen molar-refractivity contribution in [3.63, 3.8) is 0 Å². The molecule has 0 aliphatic rings. The zero-order valence-electron chi connectivity index (χ0n) is 29.6. The molecule has 0 saturated carbocycles. The van der Waals surface area contributed by atoms with Crippen LogP contribution in [0.2, 0.25) is 0 Å². The topological polar surface area (TPSA) is 29.3 Å². The molecular formula is C38H83ClN2. The van der Waals surface area contributed by atoms with Crippen LogP contribution in [0.25, 0.3) is 0 Å². The molecule has 2 nitrogen and oxygen atoms in total. The molecule has 0 aromatic heterocycles. The molecule has 0 saturated heterocycles. The summed E-state index contributed by atoms with van der Waals surface area (Å²) >= 11 is 0. The van der Waals surface area contributed by atoms with Crippen LogP contribution < -0.4 is 5.73 Å². The molecule has 0 spiro atoms. The fourth-order valence-corrected chi connectivity index (χ4v) is 5.58. The first-order chi connectivity index (χ1) is 19.6. The Balaban J connectivity index is -0.000000691. The summed E-state index contributed by atoms with van der Waals surface area (Å²) in [6.07, 6.45) is 44.6. The van der Waals surface area contributed by atoms with Crippen LogP contribution in [0.1, 0.15) is 220 Å². The van der Waals surface area contributed by atoms with E-state index in [2.05, 4.69) is 39.8 Å². The molecule has 1 unspecified atom stereocenters. The van der Waals surface area contributed by atoms with Gasteiger partial charge in [-0.15, -0.1) is 12.4 Å². The molecule has 0 amide bonds. The minimum atomic E-state index is 0. The van der Waals surface area contributed by atoms with Crippen molar-refractivity contribution in [1.82, 2.24) is 4.90 Å². The van der Waals surface area contributed by atoms with Gasteiger partial charge in [-0.2, -0.15) is 0 Å². The summed E-state index contributed by atoms with van der Waals surface area (Å²) < 4.78 is 0. The third-order valence-corrected chi connectivity index (χ3v) is 8.91. The lowest BCUT2D eigenvalue weighted by molar-refractivity contribution is 0.291. The van der Waals surface area contributed by atoms with E-state index in [1.165, 1.54) is 199 Å². The second-order valence-electron chi connectivity index (χ2n) is 13.3. The van der Waals surface area contributed by atoms with E-state index in [1.807, 2.05) is 0 Å². The van der Waals surface area contributed by atoms with Crippen molar-refractivity contribution in [3.8, 4) is 0 Å². The molecule has 0 aliphatic heterocycles. The third-order valence-electron chi connectivity index (χ3n) is 8.91. The normalized spacial score (nSPS) is 11.8. The smallest absolute Gasteiger partial charge is 0.00608 e. The first kappa shape index (κ1) is 45.6. The van der Waals surface area contributed by atoms with Gasteiger partial charge in [0.1, 0.15) is 0 Å². The van der Waals surface area contributed by atoms with Gasteiger partial charge in [0.25, 0.3) is 0 Å². The summed E-state index contributed by atoms with van der Waals surface area (Å²) in [5.41, 5.74) is 5.48. The molecule has 0 aromatic rings. The van der Waals surface area contributed by atoms with Crippen LogP contribution in [0.5, 0.6) is 0 Å². The summed E-state index contributed by atoms with van der Waals surface area (Å²) in [4.78, 5) is 2.34. The van der Waals surface area contributed by atoms with Gasteiger partial charge in [0.2, 0.25) is 0 Å². The molecule has 0 aliphatic carbocycles. The van der Waals surface area contributed by atoms with Gasteiger partial charge in [0, 0.05) is 6.04 Å². The monoisotopic (exact) mass is 603 g/mol. The Bertz CT molecular complexity index is 399. The molecular weight excluding hydrogens is 520 g/mol. The van der Waals surface area contributed by atoms with E-state index in [1.54, 1.807) is 0 Å². The second-order valence-corrected chi connectivity index (χ2v) is 13.3. The zero-order valence-corrected chi connectivity index (χ0v) is 30.5. The van der Waals surface area contributed by atoms with E-state index in [9.17, 15) is 0 Å². The predicted molar refractivity (Wildman–Crippen MR) is 194 cm³/mol. The highest BCUT2D eigenvalue weighted by Gasteiger charge is 2.03. The molecule has 0 heterocycles. The van der Waals surface area contributed by atoms with Gasteiger partial charge >= 0.3 is 0 Å². The predicted octanol–water partition coefficient (Wildman–Crippen LogP) is 13.4. The average Bonchev–Trinajstić information content (AvgIpc) is 2.95. The molecule has 0 radical (unpaired) electrons. The zero-order chi connectivity index (χ0) is 29.8. The summed E-state index contributed by atoms with van der Waals surface area (Å²) in [5, 5.41) is 0. The lowest BCUT2D eigenvalue weighted by atomic mass is 10.0. The van der Waals surface area contributed by atoms with E-state index in [4.69, 9.17) is 5.73 Å². The highest BCUT2D eigenvalue weighted by Crippen LogP contribution is 2.15. The maximum absolute atomic E-state index is 5.48. The maximum atomic E-state index is 5.48. The molecule has 252 valence electrons. The van der Waals surface area contributed by atoms with Gasteiger partial charge in [0.15, 0.2) is 0 Å². The van der Waals surface area contributed by atoms with Gasteiger partial charge < -0.3 is 10.6 Å². The number of nitrogens with zero attached hydrogens (tertiary/aromatic N) is 1. The number of halogens is 1. The SMILES string of the molecule is CCCCCCCCCCCCCCCCC(C)N(C)C.CCCCCCCCCCCCCCCCCCN.Cl. The van der Waals surface area contributed by atoms with E-state index in [0.29, 0.717) is 0 Å². The van der Waals surface area contributed by atoms with Crippen LogP contribution in [-0.4, -0.2) is 31.6 Å². The Morgan fingerprint density at radius 3 is 0.829 bits per heavy atom. The molecule has 0 bridgehead atoms. The fraction of sp³-hybridized carbons (Fsp3) is 1.00. The number of hydrogen-bond donors (Lipinski definition) is 1. The van der Waals surface area contributed by atoms with Gasteiger partial charge in [-0.1, -0.05) is 200 Å². The van der Waals surface area contributed by atoms with Crippen LogP contribution in [0.4, 0.5) is 0 Å². The molecule has 1 atom stereocenters. The van der Waals surface area contributed by atoms with Crippen LogP contribution in [0.15, 0.2) is 0 Å². The van der Waals surface area contributed by atoms with E-state index in [0.717, 1.165) is 12.6 Å². The number of nitrogens with two attached hydrogens (primary N) is 1. The van der Waals surface area contributed by atoms with E-state index in [-0.39, 0.29) is 12.4 Å². The van der Waals surface area contributed by atoms with Crippen molar-refractivity contribution in [3.05, 3.63) is 0 Å². The van der Waals surface area contributed by atoms with Crippen LogP contribution in [0, 0.1) is 0 Å². The Labute approximate surface area is 269 Å². The first-order valence-electron chi connectivity index (χ1n) is 19.0. The van der Waals surface area contributed by atoms with Crippen LogP contribution in [0.3, 0.4) is 0 Å². The fourth-order valence-electron chi connectivity index (χ4n) is 5.58. The quantitative estimate of drug-likeness (QED) is 0.0775. The molecule has 0 rings (SSSR count). The highest BCUT2D eigenvalue weighted by atomic mass is 35.5. The largest absolute Gasteiger partial charge is 0.330 e. The number of rotatable bonds is 32. The summed E-state index contributed by atoms with van der Waals surface area (Å²) in [6, 6.07) is 0.752. The lowest BCUT2D eigenvalue weighted by Gasteiger charge is -2.19. The summed E-state index contributed by atoms with van der Waals surface area (Å²) in [5.74, 6) is 0. The van der Waals surface area contributed by atoms with Crippen LogP contribution >= 0.6 is 12.4 Å². The minimum absolute atomic E-state index is 0. The second kappa shape index (κ2) is 42.3. The van der Waals surface area contributed by atoms with Crippen molar-refractivity contribution < 1.29 is 0 Å².